The molecule has 0 aliphatic carbocycles. The van der Waals surface area contributed by atoms with Gasteiger partial charge in [0.15, 0.2) is 0 Å². The highest BCUT2D eigenvalue weighted by Crippen LogP contribution is 1.91. The summed E-state index contributed by atoms with van der Waals surface area (Å²) in [6.45, 7) is 4.64. The van der Waals surface area contributed by atoms with Gasteiger partial charge in [-0.15, -0.1) is 0 Å². The number of esters is 1. The van der Waals surface area contributed by atoms with Gasteiger partial charge in [0.1, 0.15) is 13.3 Å². The van der Waals surface area contributed by atoms with Crippen LogP contribution in [0.4, 0.5) is 4.39 Å². The molecular weight excluding hydrogens is 163 g/mol. The molecule has 0 aromatic heterocycles. The van der Waals surface area contributed by atoms with E-state index in [1.165, 1.54) is 0 Å². The molecule has 0 saturated heterocycles. The molecule has 0 amide bonds. The highest BCUT2D eigenvalue weighted by Gasteiger charge is 2.00. The second-order valence-electron chi connectivity index (χ2n) is 2.21. The number of carbonyl (C=O) groups is 1. The molecule has 0 spiro atoms. The van der Waals surface area contributed by atoms with Crippen LogP contribution >= 0.6 is 0 Å². The van der Waals surface area contributed by atoms with E-state index in [0.717, 1.165) is 6.08 Å². The zero-order chi connectivity index (χ0) is 9.40. The van der Waals surface area contributed by atoms with Crippen LogP contribution in [0.25, 0.3) is 0 Å². The van der Waals surface area contributed by atoms with Gasteiger partial charge in [-0.1, -0.05) is 6.58 Å². The molecule has 4 heteroatoms. The van der Waals surface area contributed by atoms with E-state index < -0.39 is 18.7 Å². The number of rotatable bonds is 6. The van der Waals surface area contributed by atoms with Crippen LogP contribution in [0.1, 0.15) is 6.92 Å². The molecule has 70 valence electrons. The molecule has 3 nitrogen and oxygen atoms in total. The zero-order valence-electron chi connectivity index (χ0n) is 7.09. The van der Waals surface area contributed by atoms with Gasteiger partial charge in [0.2, 0.25) is 0 Å². The summed E-state index contributed by atoms with van der Waals surface area (Å²) in [5.74, 6) is -0.494. The lowest BCUT2D eigenvalue weighted by atomic mass is 10.4. The van der Waals surface area contributed by atoms with Crippen LogP contribution in [0.2, 0.25) is 0 Å². The fourth-order valence-electron chi connectivity index (χ4n) is 0.495. The average Bonchev–Trinajstić information content (AvgIpc) is 2.11. The Morgan fingerprint density at radius 3 is 2.83 bits per heavy atom. The van der Waals surface area contributed by atoms with E-state index in [1.54, 1.807) is 6.92 Å². The molecule has 0 N–H and O–H groups in total. The molecule has 0 radical (unpaired) electrons. The predicted molar refractivity (Wildman–Crippen MR) is 42.5 cm³/mol. The van der Waals surface area contributed by atoms with Gasteiger partial charge in [-0.2, -0.15) is 0 Å². The molecule has 1 unspecified atom stereocenters. The number of hydrogen-bond acceptors (Lipinski definition) is 3. The summed E-state index contributed by atoms with van der Waals surface area (Å²) in [5.41, 5.74) is 0. The minimum Gasteiger partial charge on any atom is -0.460 e. The molecule has 0 heterocycles. The quantitative estimate of drug-likeness (QED) is 0.345. The Morgan fingerprint density at radius 1 is 1.67 bits per heavy atom. The van der Waals surface area contributed by atoms with Gasteiger partial charge in [-0.3, -0.25) is 0 Å². The van der Waals surface area contributed by atoms with Gasteiger partial charge in [-0.25, -0.2) is 9.18 Å². The first-order valence-corrected chi connectivity index (χ1v) is 3.67. The van der Waals surface area contributed by atoms with Crippen molar-refractivity contribution in [1.82, 2.24) is 0 Å². The number of alkyl halides is 1. The van der Waals surface area contributed by atoms with Crippen LogP contribution in [0, 0.1) is 0 Å². The van der Waals surface area contributed by atoms with E-state index in [1.807, 2.05) is 0 Å². The molecule has 12 heavy (non-hydrogen) atoms. The number of hydrogen-bond donors (Lipinski definition) is 0. The van der Waals surface area contributed by atoms with Crippen molar-refractivity contribution in [3.63, 3.8) is 0 Å². The third-order valence-electron chi connectivity index (χ3n) is 1.11. The Hall–Kier alpha value is -0.900. The maximum atomic E-state index is 11.8. The van der Waals surface area contributed by atoms with Crippen LogP contribution in [0.5, 0.6) is 0 Å². The lowest BCUT2D eigenvalue weighted by molar-refractivity contribution is -0.139. The highest BCUT2D eigenvalue weighted by molar-refractivity contribution is 5.81. The Morgan fingerprint density at radius 2 is 2.33 bits per heavy atom. The molecule has 0 rings (SSSR count). The molecule has 0 bridgehead atoms. The average molecular weight is 176 g/mol. The second kappa shape index (κ2) is 6.79. The van der Waals surface area contributed by atoms with Crippen LogP contribution in [-0.2, 0) is 14.3 Å². The summed E-state index contributed by atoms with van der Waals surface area (Å²) in [6, 6.07) is 0. The van der Waals surface area contributed by atoms with E-state index in [-0.39, 0.29) is 13.2 Å². The Kier molecular flexibility index (Phi) is 6.28. The molecular formula is C8H13FO3. The first-order valence-electron chi connectivity index (χ1n) is 3.67. The smallest absolute Gasteiger partial charge is 0.330 e. The van der Waals surface area contributed by atoms with Crippen LogP contribution < -0.4 is 0 Å². The van der Waals surface area contributed by atoms with Gasteiger partial charge < -0.3 is 9.47 Å². The topological polar surface area (TPSA) is 35.5 Å². The largest absolute Gasteiger partial charge is 0.460 e. The lowest BCUT2D eigenvalue weighted by Crippen LogP contribution is -2.15. The normalized spacial score (nSPS) is 12.2. The molecule has 0 fully saturated rings. The molecule has 0 saturated carbocycles. The van der Waals surface area contributed by atoms with Crippen molar-refractivity contribution in [3.8, 4) is 0 Å². The summed E-state index contributed by atoms with van der Waals surface area (Å²) in [5, 5.41) is 0. The van der Waals surface area contributed by atoms with Gasteiger partial charge >= 0.3 is 5.97 Å². The Bertz CT molecular complexity index is 147. The predicted octanol–water partition coefficient (Wildman–Crippen LogP) is 1.09. The zero-order valence-corrected chi connectivity index (χ0v) is 7.09. The van der Waals surface area contributed by atoms with Crippen molar-refractivity contribution in [2.75, 3.05) is 19.9 Å². The third kappa shape index (κ3) is 5.85. The van der Waals surface area contributed by atoms with Crippen molar-refractivity contribution >= 4 is 5.97 Å². The van der Waals surface area contributed by atoms with Crippen LogP contribution in [0.3, 0.4) is 0 Å². The van der Waals surface area contributed by atoms with E-state index in [9.17, 15) is 9.18 Å². The molecule has 0 aromatic carbocycles. The van der Waals surface area contributed by atoms with Crippen LogP contribution in [-0.4, -0.2) is 32.0 Å². The van der Waals surface area contributed by atoms with Crippen molar-refractivity contribution in [1.29, 1.82) is 0 Å². The van der Waals surface area contributed by atoms with E-state index in [0.29, 0.717) is 0 Å². The summed E-state index contributed by atoms with van der Waals surface area (Å²) >= 11 is 0. The minimum atomic E-state index is -0.532. The van der Waals surface area contributed by atoms with E-state index >= 15 is 0 Å². The fourth-order valence-corrected chi connectivity index (χ4v) is 0.495. The Labute approximate surface area is 71.2 Å². The monoisotopic (exact) mass is 176 g/mol. The highest BCUT2D eigenvalue weighted by atomic mass is 19.1. The standard InChI is InChI=1S/C8H13FO3/c1-3-8(10)12-5-4-11-7(2)6-9/h3,7H,1,4-6H2,2H3. The summed E-state index contributed by atoms with van der Waals surface area (Å²) in [7, 11) is 0. The first-order chi connectivity index (χ1) is 5.70. The van der Waals surface area contributed by atoms with Crippen molar-refractivity contribution in [3.05, 3.63) is 12.7 Å². The third-order valence-corrected chi connectivity index (χ3v) is 1.11. The Balaban J connectivity index is 3.21. The molecule has 0 aromatic rings. The summed E-state index contributed by atoms with van der Waals surface area (Å²) < 4.78 is 21.3. The lowest BCUT2D eigenvalue weighted by Gasteiger charge is -2.08. The van der Waals surface area contributed by atoms with Gasteiger partial charge in [-0.05, 0) is 6.92 Å². The second-order valence-corrected chi connectivity index (χ2v) is 2.21. The van der Waals surface area contributed by atoms with Crippen molar-refractivity contribution in [2.24, 2.45) is 0 Å². The number of halogens is 1. The summed E-state index contributed by atoms with van der Waals surface area (Å²) in [4.78, 5) is 10.5. The fraction of sp³-hybridized carbons (Fsp3) is 0.625. The van der Waals surface area contributed by atoms with Crippen LogP contribution in [0.15, 0.2) is 12.7 Å². The summed E-state index contributed by atoms with van der Waals surface area (Å²) in [6.07, 6.45) is 0.630. The SMILES string of the molecule is C=CC(=O)OCCOC(C)CF. The molecule has 0 aliphatic rings. The van der Waals surface area contributed by atoms with Gasteiger partial charge in [0.25, 0.3) is 0 Å². The maximum Gasteiger partial charge on any atom is 0.330 e. The molecule has 1 atom stereocenters. The van der Waals surface area contributed by atoms with Gasteiger partial charge in [0, 0.05) is 6.08 Å². The van der Waals surface area contributed by atoms with Gasteiger partial charge in [0.05, 0.1) is 12.7 Å². The van der Waals surface area contributed by atoms with Crippen molar-refractivity contribution in [2.45, 2.75) is 13.0 Å². The van der Waals surface area contributed by atoms with E-state index in [2.05, 4.69) is 11.3 Å². The number of ether oxygens (including phenoxy) is 2. The van der Waals surface area contributed by atoms with Crippen molar-refractivity contribution < 1.29 is 18.7 Å². The number of carbonyl (C=O) groups excluding carboxylic acids is 1. The first kappa shape index (κ1) is 11.1. The minimum absolute atomic E-state index is 0.134. The molecule has 0 aliphatic heterocycles. The van der Waals surface area contributed by atoms with E-state index in [4.69, 9.17) is 4.74 Å². The maximum absolute atomic E-state index is 11.8.